The molecule has 1 rings (SSSR count). The molecule has 0 amide bonds. The molecule has 6 nitrogen and oxygen atoms in total. The van der Waals surface area contributed by atoms with Gasteiger partial charge in [0.15, 0.2) is 11.8 Å². The molecular weight excluding hydrogens is 274 g/mol. The summed E-state index contributed by atoms with van der Waals surface area (Å²) in [5.74, 6) is -1.83. The van der Waals surface area contributed by atoms with Crippen molar-refractivity contribution in [2.24, 2.45) is 5.73 Å². The van der Waals surface area contributed by atoms with E-state index < -0.39 is 23.8 Å². The molecule has 0 spiro atoms. The van der Waals surface area contributed by atoms with E-state index in [0.29, 0.717) is 0 Å². The molecule has 0 radical (unpaired) electrons. The van der Waals surface area contributed by atoms with Crippen LogP contribution in [0.3, 0.4) is 0 Å². The van der Waals surface area contributed by atoms with Gasteiger partial charge in [-0.25, -0.2) is 4.79 Å². The summed E-state index contributed by atoms with van der Waals surface area (Å²) in [6, 6.07) is 7.85. The van der Waals surface area contributed by atoms with Crippen LogP contribution in [0.2, 0.25) is 0 Å². The molecule has 0 aliphatic rings. The molecule has 0 aromatic heterocycles. The van der Waals surface area contributed by atoms with Gasteiger partial charge in [-0.3, -0.25) is 9.59 Å². The maximum absolute atomic E-state index is 11.6. The molecule has 0 aliphatic carbocycles. The van der Waals surface area contributed by atoms with Crippen molar-refractivity contribution >= 4 is 17.7 Å². The Kier molecular flexibility index (Phi) is 7.11. The zero-order valence-corrected chi connectivity index (χ0v) is 11.9. The molecular formula is C15H19NO5. The van der Waals surface area contributed by atoms with Crippen LogP contribution in [0.5, 0.6) is 0 Å². The predicted octanol–water partition coefficient (Wildman–Crippen LogP) is 0.969. The summed E-state index contributed by atoms with van der Waals surface area (Å²) in [6.45, 7) is 1.92. The molecule has 2 N–H and O–H groups in total. The molecule has 1 atom stereocenters. The maximum Gasteiger partial charge on any atom is 0.330 e. The van der Waals surface area contributed by atoms with Crippen LogP contribution in [0.4, 0.5) is 0 Å². The monoisotopic (exact) mass is 293 g/mol. The highest BCUT2D eigenvalue weighted by Crippen LogP contribution is 2.04. The molecule has 114 valence electrons. The average molecular weight is 293 g/mol. The molecule has 0 saturated heterocycles. The van der Waals surface area contributed by atoms with E-state index in [2.05, 4.69) is 4.74 Å². The van der Waals surface area contributed by atoms with Crippen LogP contribution in [0, 0.1) is 0 Å². The highest BCUT2D eigenvalue weighted by Gasteiger charge is 2.23. The minimum atomic E-state index is -1.34. The molecule has 21 heavy (non-hydrogen) atoms. The van der Waals surface area contributed by atoms with E-state index >= 15 is 0 Å². The lowest BCUT2D eigenvalue weighted by molar-refractivity contribution is -0.150. The Balaban J connectivity index is 2.29. The van der Waals surface area contributed by atoms with Crippen LogP contribution in [-0.4, -0.2) is 30.4 Å². The number of ketones is 1. The van der Waals surface area contributed by atoms with Gasteiger partial charge in [-0.15, -0.1) is 0 Å². The maximum atomic E-state index is 11.6. The fourth-order valence-corrected chi connectivity index (χ4v) is 1.55. The van der Waals surface area contributed by atoms with E-state index in [4.69, 9.17) is 10.5 Å². The third-order valence-corrected chi connectivity index (χ3v) is 2.71. The lowest BCUT2D eigenvalue weighted by atomic mass is 10.1. The number of esters is 2. The molecule has 0 bridgehead atoms. The Morgan fingerprint density at radius 1 is 1.10 bits per heavy atom. The summed E-state index contributed by atoms with van der Waals surface area (Å²) in [5, 5.41) is 0. The number of nitrogens with two attached hydrogens (primary N) is 1. The average Bonchev–Trinajstić information content (AvgIpc) is 2.51. The van der Waals surface area contributed by atoms with E-state index in [1.54, 1.807) is 6.92 Å². The second-order valence-corrected chi connectivity index (χ2v) is 4.34. The number of ether oxygens (including phenoxy) is 2. The van der Waals surface area contributed by atoms with Gasteiger partial charge in [-0.05, 0) is 12.5 Å². The second kappa shape index (κ2) is 8.86. The molecule has 1 unspecified atom stereocenters. The number of Topliss-reactive ketones (excluding diaryl/α,β-unsaturated/α-hetero) is 1. The van der Waals surface area contributed by atoms with Crippen molar-refractivity contribution in [2.45, 2.75) is 32.4 Å². The van der Waals surface area contributed by atoms with Crippen LogP contribution < -0.4 is 5.73 Å². The normalized spacial score (nSPS) is 11.5. The minimum absolute atomic E-state index is 0.112. The number of benzene rings is 1. The van der Waals surface area contributed by atoms with Gasteiger partial charge in [-0.2, -0.15) is 0 Å². The first-order chi connectivity index (χ1) is 10.0. The van der Waals surface area contributed by atoms with Crippen molar-refractivity contribution in [1.29, 1.82) is 0 Å². The van der Waals surface area contributed by atoms with E-state index in [1.807, 2.05) is 30.3 Å². The molecule has 0 heterocycles. The van der Waals surface area contributed by atoms with Gasteiger partial charge in [0.25, 0.3) is 0 Å². The summed E-state index contributed by atoms with van der Waals surface area (Å²) in [6.07, 6.45) is -0.258. The van der Waals surface area contributed by atoms with Gasteiger partial charge in [-0.1, -0.05) is 30.3 Å². The molecule has 0 fully saturated rings. The van der Waals surface area contributed by atoms with Crippen LogP contribution in [-0.2, 0) is 30.5 Å². The summed E-state index contributed by atoms with van der Waals surface area (Å²) in [4.78, 5) is 34.4. The number of hydrogen-bond donors (Lipinski definition) is 1. The number of carbonyl (C=O) groups is 3. The number of rotatable bonds is 8. The standard InChI is InChI=1S/C15H19NO5/c1-2-20-15(19)14(16)12(17)8-9-13(18)21-10-11-6-4-3-5-7-11/h3-7,14H,2,8-10,16H2,1H3. The smallest absolute Gasteiger partial charge is 0.330 e. The van der Waals surface area contributed by atoms with Gasteiger partial charge in [0.1, 0.15) is 6.61 Å². The topological polar surface area (TPSA) is 95.7 Å². The van der Waals surface area contributed by atoms with Crippen LogP contribution >= 0.6 is 0 Å². The predicted molar refractivity (Wildman–Crippen MR) is 75.1 cm³/mol. The van der Waals surface area contributed by atoms with Crippen molar-refractivity contribution in [3.63, 3.8) is 0 Å². The fourth-order valence-electron chi connectivity index (χ4n) is 1.55. The zero-order chi connectivity index (χ0) is 15.7. The lowest BCUT2D eigenvalue weighted by Gasteiger charge is -2.09. The minimum Gasteiger partial charge on any atom is -0.464 e. The lowest BCUT2D eigenvalue weighted by Crippen LogP contribution is -2.40. The summed E-state index contributed by atoms with van der Waals surface area (Å²) >= 11 is 0. The van der Waals surface area contributed by atoms with E-state index in [9.17, 15) is 14.4 Å². The summed E-state index contributed by atoms with van der Waals surface area (Å²) in [5.41, 5.74) is 6.28. The number of carbonyl (C=O) groups excluding carboxylic acids is 3. The van der Waals surface area contributed by atoms with Gasteiger partial charge in [0, 0.05) is 6.42 Å². The van der Waals surface area contributed by atoms with Crippen molar-refractivity contribution < 1.29 is 23.9 Å². The van der Waals surface area contributed by atoms with Crippen LogP contribution in [0.25, 0.3) is 0 Å². The third-order valence-electron chi connectivity index (χ3n) is 2.71. The van der Waals surface area contributed by atoms with Crippen LogP contribution in [0.15, 0.2) is 30.3 Å². The van der Waals surface area contributed by atoms with Gasteiger partial charge < -0.3 is 15.2 Å². The highest BCUT2D eigenvalue weighted by atomic mass is 16.5. The van der Waals surface area contributed by atoms with Crippen molar-refractivity contribution in [3.8, 4) is 0 Å². The third kappa shape index (κ3) is 6.18. The SMILES string of the molecule is CCOC(=O)C(N)C(=O)CCC(=O)OCc1ccccc1. The Morgan fingerprint density at radius 2 is 1.76 bits per heavy atom. The van der Waals surface area contributed by atoms with Gasteiger partial charge >= 0.3 is 11.9 Å². The fraction of sp³-hybridized carbons (Fsp3) is 0.400. The van der Waals surface area contributed by atoms with Crippen LogP contribution in [0.1, 0.15) is 25.3 Å². The Hall–Kier alpha value is -2.21. The largest absolute Gasteiger partial charge is 0.464 e. The van der Waals surface area contributed by atoms with Crippen molar-refractivity contribution in [3.05, 3.63) is 35.9 Å². The first-order valence-corrected chi connectivity index (χ1v) is 6.69. The van der Waals surface area contributed by atoms with E-state index in [0.717, 1.165) is 5.56 Å². The Labute approximate surface area is 123 Å². The first-order valence-electron chi connectivity index (χ1n) is 6.69. The Morgan fingerprint density at radius 3 is 2.38 bits per heavy atom. The molecule has 0 aliphatic heterocycles. The molecule has 1 aromatic rings. The first kappa shape index (κ1) is 16.8. The second-order valence-electron chi connectivity index (χ2n) is 4.34. The number of hydrogen-bond acceptors (Lipinski definition) is 6. The van der Waals surface area contributed by atoms with Gasteiger partial charge in [0.05, 0.1) is 13.0 Å². The van der Waals surface area contributed by atoms with E-state index in [-0.39, 0.29) is 26.1 Å². The highest BCUT2D eigenvalue weighted by molar-refractivity contribution is 6.03. The van der Waals surface area contributed by atoms with Crippen molar-refractivity contribution in [1.82, 2.24) is 0 Å². The Bertz CT molecular complexity index is 486. The van der Waals surface area contributed by atoms with E-state index in [1.165, 1.54) is 0 Å². The van der Waals surface area contributed by atoms with Gasteiger partial charge in [0.2, 0.25) is 0 Å². The zero-order valence-electron chi connectivity index (χ0n) is 11.9. The summed E-state index contributed by atoms with van der Waals surface area (Å²) in [7, 11) is 0. The molecule has 6 heteroatoms. The molecule has 0 saturated carbocycles. The van der Waals surface area contributed by atoms with Crippen molar-refractivity contribution in [2.75, 3.05) is 6.61 Å². The molecule has 1 aromatic carbocycles. The quantitative estimate of drug-likeness (QED) is 0.567. The summed E-state index contributed by atoms with van der Waals surface area (Å²) < 4.78 is 9.65.